The number of hydrogen-bond donors (Lipinski definition) is 1. The predicted octanol–water partition coefficient (Wildman–Crippen LogP) is 3.98. The first kappa shape index (κ1) is 16.8. The Bertz CT molecular complexity index is 738. The summed E-state index contributed by atoms with van der Waals surface area (Å²) in [7, 11) is 0. The molecule has 9 heteroatoms. The van der Waals surface area contributed by atoms with E-state index in [4.69, 9.17) is 11.6 Å². The molecule has 0 radical (unpaired) electrons. The van der Waals surface area contributed by atoms with E-state index in [1.54, 1.807) is 6.07 Å². The summed E-state index contributed by atoms with van der Waals surface area (Å²) in [5.74, 6) is -0.555. The molecule has 3 rings (SSSR count). The fraction of sp³-hybridized carbons (Fsp3) is 0.333. The second kappa shape index (κ2) is 6.43. The number of alkyl halides is 3. The maximum absolute atomic E-state index is 13.2. The Morgan fingerprint density at radius 2 is 2.04 bits per heavy atom. The summed E-state index contributed by atoms with van der Waals surface area (Å²) >= 11 is 5.77. The van der Waals surface area contributed by atoms with Gasteiger partial charge in [0.2, 0.25) is 5.95 Å². The summed E-state index contributed by atoms with van der Waals surface area (Å²) in [6.07, 6.45) is -2.74. The Kier molecular flexibility index (Phi) is 4.49. The van der Waals surface area contributed by atoms with E-state index in [2.05, 4.69) is 15.3 Å². The average Bonchev–Trinajstić information content (AvgIpc) is 2.98. The molecule has 128 valence electrons. The summed E-state index contributed by atoms with van der Waals surface area (Å²) in [6, 6.07) is 5.14. The van der Waals surface area contributed by atoms with E-state index in [-0.39, 0.29) is 17.0 Å². The molecule has 1 aliphatic heterocycles. The second-order valence-electron chi connectivity index (χ2n) is 5.44. The van der Waals surface area contributed by atoms with Gasteiger partial charge in [-0.25, -0.2) is 14.4 Å². The van der Waals surface area contributed by atoms with Crippen molar-refractivity contribution in [3.05, 3.63) is 47.0 Å². The molecule has 24 heavy (non-hydrogen) atoms. The standard InChI is InChI=1S/C15H13ClF4N4/c16-11-7-10(1-2-12(11)17)24-6-4-9(8-24)22-14-21-5-3-13(23-14)15(18,19)20/h1-3,5,7,9H,4,6,8H2,(H,21,22,23). The van der Waals surface area contributed by atoms with Crippen LogP contribution in [0.2, 0.25) is 5.02 Å². The van der Waals surface area contributed by atoms with Crippen molar-refractivity contribution in [2.24, 2.45) is 0 Å². The highest BCUT2D eigenvalue weighted by Gasteiger charge is 2.33. The van der Waals surface area contributed by atoms with Gasteiger partial charge in [0, 0.05) is 31.0 Å². The Morgan fingerprint density at radius 3 is 2.75 bits per heavy atom. The summed E-state index contributed by atoms with van der Waals surface area (Å²) in [5.41, 5.74) is -0.226. The highest BCUT2D eigenvalue weighted by molar-refractivity contribution is 6.31. The third-order valence-corrected chi connectivity index (χ3v) is 4.03. The number of nitrogens with zero attached hydrogens (tertiary/aromatic N) is 3. The maximum Gasteiger partial charge on any atom is 0.433 e. The van der Waals surface area contributed by atoms with Gasteiger partial charge in [-0.1, -0.05) is 11.6 Å². The summed E-state index contributed by atoms with van der Waals surface area (Å²) in [6.45, 7) is 1.19. The Hall–Kier alpha value is -2.09. The van der Waals surface area contributed by atoms with Crippen LogP contribution in [0, 0.1) is 5.82 Å². The zero-order chi connectivity index (χ0) is 17.3. The summed E-state index contributed by atoms with van der Waals surface area (Å²) in [4.78, 5) is 9.29. The molecule has 1 aromatic carbocycles. The van der Waals surface area contributed by atoms with E-state index in [0.717, 1.165) is 18.0 Å². The van der Waals surface area contributed by atoms with Gasteiger partial charge in [0.05, 0.1) is 5.02 Å². The first-order valence-electron chi connectivity index (χ1n) is 7.20. The lowest BCUT2D eigenvalue weighted by Gasteiger charge is -2.19. The van der Waals surface area contributed by atoms with Gasteiger partial charge in [-0.15, -0.1) is 0 Å². The van der Waals surface area contributed by atoms with E-state index in [9.17, 15) is 17.6 Å². The Labute approximate surface area is 140 Å². The summed E-state index contributed by atoms with van der Waals surface area (Å²) in [5, 5.41) is 2.94. The zero-order valence-electron chi connectivity index (χ0n) is 12.3. The molecule has 1 aromatic heterocycles. The van der Waals surface area contributed by atoms with Crippen LogP contribution in [0.25, 0.3) is 0 Å². The smallest absolute Gasteiger partial charge is 0.369 e. The van der Waals surface area contributed by atoms with Crippen molar-refractivity contribution in [2.75, 3.05) is 23.3 Å². The van der Waals surface area contributed by atoms with Gasteiger partial charge in [0.25, 0.3) is 0 Å². The van der Waals surface area contributed by atoms with Gasteiger partial charge < -0.3 is 10.2 Å². The maximum atomic E-state index is 13.2. The lowest BCUT2D eigenvalue weighted by Crippen LogP contribution is -2.27. The van der Waals surface area contributed by atoms with Gasteiger partial charge in [0.1, 0.15) is 11.5 Å². The van der Waals surface area contributed by atoms with Crippen LogP contribution in [0.5, 0.6) is 0 Å². The number of aromatic nitrogens is 2. The van der Waals surface area contributed by atoms with E-state index < -0.39 is 17.7 Å². The SMILES string of the molecule is Fc1ccc(N2CCC(Nc3nccc(C(F)(F)F)n3)C2)cc1Cl. The van der Waals surface area contributed by atoms with Crippen molar-refractivity contribution in [1.82, 2.24) is 9.97 Å². The minimum Gasteiger partial charge on any atom is -0.369 e. The van der Waals surface area contributed by atoms with Gasteiger partial charge >= 0.3 is 6.18 Å². The molecule has 0 aliphatic carbocycles. The molecule has 4 nitrogen and oxygen atoms in total. The second-order valence-corrected chi connectivity index (χ2v) is 5.84. The molecule has 0 amide bonds. The molecule has 0 bridgehead atoms. The van der Waals surface area contributed by atoms with Crippen molar-refractivity contribution in [1.29, 1.82) is 0 Å². The van der Waals surface area contributed by atoms with Crippen molar-refractivity contribution in [2.45, 2.75) is 18.6 Å². The normalized spacial score (nSPS) is 18.0. The van der Waals surface area contributed by atoms with Crippen molar-refractivity contribution in [3.8, 4) is 0 Å². The fourth-order valence-corrected chi connectivity index (χ4v) is 2.74. The van der Waals surface area contributed by atoms with Gasteiger partial charge in [-0.2, -0.15) is 13.2 Å². The van der Waals surface area contributed by atoms with E-state index >= 15 is 0 Å². The van der Waals surface area contributed by atoms with Crippen molar-refractivity contribution in [3.63, 3.8) is 0 Å². The Balaban J connectivity index is 1.67. The average molecular weight is 361 g/mol. The molecule has 2 aromatic rings. The highest BCUT2D eigenvalue weighted by atomic mass is 35.5. The molecule has 1 saturated heterocycles. The molecular weight excluding hydrogens is 348 g/mol. The first-order chi connectivity index (χ1) is 11.3. The quantitative estimate of drug-likeness (QED) is 0.841. The predicted molar refractivity (Wildman–Crippen MR) is 82.7 cm³/mol. The molecule has 0 spiro atoms. The van der Waals surface area contributed by atoms with E-state index in [0.29, 0.717) is 19.5 Å². The first-order valence-corrected chi connectivity index (χ1v) is 7.57. The minimum atomic E-state index is -4.51. The van der Waals surface area contributed by atoms with E-state index in [1.807, 2.05) is 4.90 Å². The van der Waals surface area contributed by atoms with Crippen LogP contribution in [0.15, 0.2) is 30.5 Å². The number of rotatable bonds is 3. The molecule has 2 heterocycles. The van der Waals surface area contributed by atoms with Crippen molar-refractivity contribution >= 4 is 23.2 Å². The van der Waals surface area contributed by atoms with Crippen LogP contribution >= 0.6 is 11.6 Å². The van der Waals surface area contributed by atoms with Gasteiger partial charge in [0.15, 0.2) is 0 Å². The summed E-state index contributed by atoms with van der Waals surface area (Å²) < 4.78 is 51.2. The van der Waals surface area contributed by atoms with Crippen LogP contribution in [-0.4, -0.2) is 29.1 Å². The molecule has 0 saturated carbocycles. The molecular formula is C15H13ClF4N4. The molecule has 1 fully saturated rings. The number of halogens is 5. The van der Waals surface area contributed by atoms with Crippen molar-refractivity contribution < 1.29 is 17.6 Å². The van der Waals surface area contributed by atoms with E-state index in [1.165, 1.54) is 12.1 Å². The van der Waals surface area contributed by atoms with Gasteiger partial charge in [-0.05, 0) is 30.7 Å². The lowest BCUT2D eigenvalue weighted by molar-refractivity contribution is -0.141. The Morgan fingerprint density at radius 1 is 1.25 bits per heavy atom. The molecule has 1 atom stereocenters. The van der Waals surface area contributed by atoms with Crippen LogP contribution in [0.1, 0.15) is 12.1 Å². The number of hydrogen-bond acceptors (Lipinski definition) is 4. The number of nitrogens with one attached hydrogen (secondary N) is 1. The third-order valence-electron chi connectivity index (χ3n) is 3.74. The largest absolute Gasteiger partial charge is 0.433 e. The number of benzene rings is 1. The van der Waals surface area contributed by atoms with Crippen LogP contribution < -0.4 is 10.2 Å². The van der Waals surface area contributed by atoms with Crippen LogP contribution in [0.4, 0.5) is 29.2 Å². The fourth-order valence-electron chi connectivity index (χ4n) is 2.56. The lowest BCUT2D eigenvalue weighted by atomic mass is 10.2. The van der Waals surface area contributed by atoms with Gasteiger partial charge in [-0.3, -0.25) is 0 Å². The third kappa shape index (κ3) is 3.69. The highest BCUT2D eigenvalue weighted by Crippen LogP contribution is 2.29. The van der Waals surface area contributed by atoms with Crippen LogP contribution in [-0.2, 0) is 6.18 Å². The molecule has 1 N–H and O–H groups in total. The molecule has 1 aliphatic rings. The monoisotopic (exact) mass is 360 g/mol. The topological polar surface area (TPSA) is 41.0 Å². The molecule has 1 unspecified atom stereocenters. The minimum absolute atomic E-state index is 0.0325. The number of anilines is 2. The zero-order valence-corrected chi connectivity index (χ0v) is 13.1. The van der Waals surface area contributed by atoms with Crippen LogP contribution in [0.3, 0.4) is 0 Å².